The molecule has 1 aromatic carbocycles. The first-order valence-electron chi connectivity index (χ1n) is 6.26. The van der Waals surface area contributed by atoms with Crippen LogP contribution in [0.25, 0.3) is 0 Å². The van der Waals surface area contributed by atoms with Crippen LogP contribution in [0, 0.1) is 17.1 Å². The van der Waals surface area contributed by atoms with Gasteiger partial charge in [0.05, 0.1) is 18.3 Å². The lowest BCUT2D eigenvalue weighted by molar-refractivity contribution is -0.0752. The van der Waals surface area contributed by atoms with Crippen LogP contribution in [0.2, 0.25) is 5.02 Å². The van der Waals surface area contributed by atoms with Gasteiger partial charge in [-0.2, -0.15) is 5.26 Å². The highest BCUT2D eigenvalue weighted by atomic mass is 35.5. The normalized spacial score (nSPS) is 25.8. The van der Waals surface area contributed by atoms with Crippen molar-refractivity contribution < 1.29 is 9.13 Å². The van der Waals surface area contributed by atoms with Crippen LogP contribution in [0.3, 0.4) is 0 Å². The lowest BCUT2D eigenvalue weighted by Crippen LogP contribution is -2.46. The van der Waals surface area contributed by atoms with Gasteiger partial charge in [0.1, 0.15) is 11.9 Å². The van der Waals surface area contributed by atoms with Gasteiger partial charge in [-0.05, 0) is 26.0 Å². The molecule has 0 aromatic heterocycles. The molecule has 102 valence electrons. The van der Waals surface area contributed by atoms with Crippen molar-refractivity contribution in [3.8, 4) is 6.07 Å². The van der Waals surface area contributed by atoms with Crippen LogP contribution >= 0.6 is 11.6 Å². The first kappa shape index (κ1) is 14.3. The standard InChI is InChI=1S/C14H16ClFN2O/c1-9-7-18(8-10(2)19-9)13(6-17)14-11(15)4-3-5-12(14)16/h3-5,9-10,13H,7-8H2,1-2H3/t9-,10-,13-/m1/s1. The average molecular weight is 283 g/mol. The molecule has 0 bridgehead atoms. The van der Waals surface area contributed by atoms with Crippen molar-refractivity contribution in [3.05, 3.63) is 34.6 Å². The Morgan fingerprint density at radius 3 is 2.58 bits per heavy atom. The van der Waals surface area contributed by atoms with E-state index in [-0.39, 0.29) is 17.8 Å². The second-order valence-corrected chi connectivity index (χ2v) is 5.29. The zero-order valence-corrected chi connectivity index (χ0v) is 11.7. The van der Waals surface area contributed by atoms with E-state index in [0.29, 0.717) is 18.1 Å². The maximum Gasteiger partial charge on any atom is 0.130 e. The molecule has 2 rings (SSSR count). The third-order valence-electron chi connectivity index (χ3n) is 3.21. The van der Waals surface area contributed by atoms with Crippen LogP contribution < -0.4 is 0 Å². The van der Waals surface area contributed by atoms with Gasteiger partial charge in [0.15, 0.2) is 0 Å². The van der Waals surface area contributed by atoms with Crippen molar-refractivity contribution in [2.75, 3.05) is 13.1 Å². The Morgan fingerprint density at radius 2 is 2.05 bits per heavy atom. The molecule has 0 unspecified atom stereocenters. The molecule has 5 heteroatoms. The van der Waals surface area contributed by atoms with Gasteiger partial charge < -0.3 is 4.74 Å². The Balaban J connectivity index is 2.32. The zero-order chi connectivity index (χ0) is 14.0. The van der Waals surface area contributed by atoms with E-state index in [1.165, 1.54) is 6.07 Å². The van der Waals surface area contributed by atoms with E-state index in [1.54, 1.807) is 12.1 Å². The highest BCUT2D eigenvalue weighted by Gasteiger charge is 2.31. The molecule has 1 aliphatic heterocycles. The number of morpholine rings is 1. The van der Waals surface area contributed by atoms with Crippen molar-refractivity contribution in [1.29, 1.82) is 5.26 Å². The minimum absolute atomic E-state index is 0.0187. The molecule has 1 fully saturated rings. The molecule has 0 amide bonds. The number of hydrogen-bond donors (Lipinski definition) is 0. The summed E-state index contributed by atoms with van der Waals surface area (Å²) in [4.78, 5) is 1.92. The fourth-order valence-electron chi connectivity index (χ4n) is 2.53. The quantitative estimate of drug-likeness (QED) is 0.836. The van der Waals surface area contributed by atoms with Gasteiger partial charge in [-0.1, -0.05) is 17.7 Å². The second kappa shape index (κ2) is 5.87. The van der Waals surface area contributed by atoms with Crippen LogP contribution in [0.1, 0.15) is 25.5 Å². The smallest absolute Gasteiger partial charge is 0.130 e. The molecular weight excluding hydrogens is 267 g/mol. The number of nitriles is 1. The van der Waals surface area contributed by atoms with E-state index in [1.807, 2.05) is 18.7 Å². The highest BCUT2D eigenvalue weighted by molar-refractivity contribution is 6.31. The van der Waals surface area contributed by atoms with Crippen LogP contribution in [-0.2, 0) is 4.74 Å². The molecule has 3 atom stereocenters. The van der Waals surface area contributed by atoms with Gasteiger partial charge in [-0.15, -0.1) is 0 Å². The maximum absolute atomic E-state index is 13.9. The Kier molecular flexibility index (Phi) is 4.41. The molecule has 19 heavy (non-hydrogen) atoms. The fraction of sp³-hybridized carbons (Fsp3) is 0.500. The minimum atomic E-state index is -0.678. The summed E-state index contributed by atoms with van der Waals surface area (Å²) in [6, 6.07) is 5.96. The molecule has 0 spiro atoms. The van der Waals surface area contributed by atoms with Crippen LogP contribution in [0.5, 0.6) is 0 Å². The van der Waals surface area contributed by atoms with Gasteiger partial charge in [0.25, 0.3) is 0 Å². The second-order valence-electron chi connectivity index (χ2n) is 4.88. The van der Waals surface area contributed by atoms with E-state index in [4.69, 9.17) is 16.3 Å². The van der Waals surface area contributed by atoms with Crippen LogP contribution in [-0.4, -0.2) is 30.2 Å². The highest BCUT2D eigenvalue weighted by Crippen LogP contribution is 2.31. The summed E-state index contributed by atoms with van der Waals surface area (Å²) in [5.41, 5.74) is 0.257. The lowest BCUT2D eigenvalue weighted by Gasteiger charge is -2.38. The largest absolute Gasteiger partial charge is 0.373 e. The van der Waals surface area contributed by atoms with Gasteiger partial charge >= 0.3 is 0 Å². The average Bonchev–Trinajstić information content (AvgIpc) is 2.32. The number of nitrogens with zero attached hydrogens (tertiary/aromatic N) is 2. The van der Waals surface area contributed by atoms with Gasteiger partial charge in [0, 0.05) is 23.7 Å². The Morgan fingerprint density at radius 1 is 1.42 bits per heavy atom. The summed E-state index contributed by atoms with van der Waals surface area (Å²) < 4.78 is 19.6. The molecule has 0 saturated carbocycles. The molecule has 0 N–H and O–H groups in total. The molecular formula is C14H16ClFN2O. The number of hydrogen-bond acceptors (Lipinski definition) is 3. The Labute approximate surface area is 117 Å². The van der Waals surface area contributed by atoms with Gasteiger partial charge in [-0.25, -0.2) is 4.39 Å². The van der Waals surface area contributed by atoms with Crippen molar-refractivity contribution in [3.63, 3.8) is 0 Å². The van der Waals surface area contributed by atoms with E-state index < -0.39 is 11.9 Å². The van der Waals surface area contributed by atoms with E-state index in [0.717, 1.165) is 0 Å². The number of ether oxygens (including phenoxy) is 1. The van der Waals surface area contributed by atoms with Gasteiger partial charge in [-0.3, -0.25) is 4.90 Å². The summed E-state index contributed by atoms with van der Waals surface area (Å²) >= 11 is 6.05. The monoisotopic (exact) mass is 282 g/mol. The minimum Gasteiger partial charge on any atom is -0.373 e. The molecule has 1 saturated heterocycles. The fourth-order valence-corrected chi connectivity index (χ4v) is 2.80. The summed E-state index contributed by atoms with van der Waals surface area (Å²) in [6.45, 7) is 5.07. The van der Waals surface area contributed by atoms with Crippen molar-refractivity contribution in [1.82, 2.24) is 4.90 Å². The van der Waals surface area contributed by atoms with Crippen molar-refractivity contribution >= 4 is 11.6 Å². The SMILES string of the molecule is C[C@@H]1CN([C@H](C#N)c2c(F)cccc2Cl)C[C@@H](C)O1. The lowest BCUT2D eigenvalue weighted by atomic mass is 10.0. The predicted octanol–water partition coefficient (Wildman–Crippen LogP) is 3.15. The maximum atomic E-state index is 13.9. The number of benzene rings is 1. The summed E-state index contributed by atoms with van der Waals surface area (Å²) in [5.74, 6) is -0.439. The molecule has 3 nitrogen and oxygen atoms in total. The predicted molar refractivity (Wildman–Crippen MR) is 71.3 cm³/mol. The Hall–Kier alpha value is -1.15. The van der Waals surface area contributed by atoms with Gasteiger partial charge in [0.2, 0.25) is 0 Å². The molecule has 1 aliphatic rings. The first-order chi connectivity index (χ1) is 9.02. The Bertz CT molecular complexity index is 472. The zero-order valence-electron chi connectivity index (χ0n) is 10.9. The molecule has 0 radical (unpaired) electrons. The topological polar surface area (TPSA) is 36.3 Å². The third-order valence-corrected chi connectivity index (χ3v) is 3.54. The van der Waals surface area contributed by atoms with Crippen molar-refractivity contribution in [2.45, 2.75) is 32.1 Å². The summed E-state index contributed by atoms with van der Waals surface area (Å²) in [7, 11) is 0. The first-order valence-corrected chi connectivity index (χ1v) is 6.63. The summed E-state index contributed by atoms with van der Waals surface area (Å²) in [6.07, 6.45) is 0.0373. The molecule has 0 aliphatic carbocycles. The number of rotatable bonds is 2. The van der Waals surface area contributed by atoms with E-state index in [9.17, 15) is 9.65 Å². The summed E-state index contributed by atoms with van der Waals surface area (Å²) in [5, 5.41) is 9.69. The van der Waals surface area contributed by atoms with Crippen molar-refractivity contribution in [2.24, 2.45) is 0 Å². The van der Waals surface area contributed by atoms with E-state index >= 15 is 0 Å². The molecule has 1 aromatic rings. The molecule has 1 heterocycles. The van der Waals surface area contributed by atoms with E-state index in [2.05, 4.69) is 6.07 Å². The number of halogens is 2. The third kappa shape index (κ3) is 3.06. The van der Waals surface area contributed by atoms with Crippen LogP contribution in [0.15, 0.2) is 18.2 Å². The van der Waals surface area contributed by atoms with Crippen LogP contribution in [0.4, 0.5) is 4.39 Å².